The Morgan fingerprint density at radius 3 is 2.78 bits per heavy atom. The summed E-state index contributed by atoms with van der Waals surface area (Å²) in [7, 11) is 0. The molecule has 1 aromatic rings. The van der Waals surface area contributed by atoms with Crippen molar-refractivity contribution in [2.75, 3.05) is 24.7 Å². The molecule has 3 nitrogen and oxygen atoms in total. The number of rotatable bonds is 2. The lowest BCUT2D eigenvalue weighted by Gasteiger charge is -2.44. The van der Waals surface area contributed by atoms with Crippen molar-refractivity contribution in [1.29, 1.82) is 0 Å². The number of hydrogen-bond acceptors (Lipinski definition) is 3. The van der Waals surface area contributed by atoms with E-state index in [0.29, 0.717) is 4.99 Å². The van der Waals surface area contributed by atoms with Crippen molar-refractivity contribution in [1.82, 2.24) is 0 Å². The standard InChI is InChI=1S/C13H17BrN2OS/c1-13(2)8-17-6-5-16(13)11-4-3-9(12(15)18)7-10(11)14/h3-4,7H,5-6,8H2,1-2H3,(H2,15,18). The van der Waals surface area contributed by atoms with Gasteiger partial charge < -0.3 is 15.4 Å². The Morgan fingerprint density at radius 2 is 2.22 bits per heavy atom. The number of hydrogen-bond donors (Lipinski definition) is 1. The zero-order valence-electron chi connectivity index (χ0n) is 10.6. The molecule has 0 saturated carbocycles. The molecule has 0 unspecified atom stereocenters. The van der Waals surface area contributed by atoms with Gasteiger partial charge in [-0.25, -0.2) is 0 Å². The molecule has 2 rings (SSSR count). The van der Waals surface area contributed by atoms with E-state index in [-0.39, 0.29) is 5.54 Å². The van der Waals surface area contributed by atoms with Crippen molar-refractivity contribution >= 4 is 38.8 Å². The van der Waals surface area contributed by atoms with Gasteiger partial charge >= 0.3 is 0 Å². The van der Waals surface area contributed by atoms with Crippen molar-refractivity contribution < 1.29 is 4.74 Å². The summed E-state index contributed by atoms with van der Waals surface area (Å²) < 4.78 is 6.56. The van der Waals surface area contributed by atoms with Crippen LogP contribution in [0.1, 0.15) is 19.4 Å². The largest absolute Gasteiger partial charge is 0.389 e. The molecule has 0 bridgehead atoms. The highest BCUT2D eigenvalue weighted by Gasteiger charge is 2.31. The molecule has 2 N–H and O–H groups in total. The summed E-state index contributed by atoms with van der Waals surface area (Å²) in [6.45, 7) is 6.74. The first-order valence-corrected chi connectivity index (χ1v) is 7.07. The maximum absolute atomic E-state index is 5.64. The molecule has 5 heteroatoms. The number of thiocarbonyl (C=S) groups is 1. The highest BCUT2D eigenvalue weighted by atomic mass is 79.9. The summed E-state index contributed by atoms with van der Waals surface area (Å²) in [6, 6.07) is 6.00. The summed E-state index contributed by atoms with van der Waals surface area (Å²) in [5.74, 6) is 0. The Morgan fingerprint density at radius 1 is 1.50 bits per heavy atom. The van der Waals surface area contributed by atoms with Gasteiger partial charge in [-0.2, -0.15) is 0 Å². The Balaban J connectivity index is 2.36. The molecule has 0 amide bonds. The van der Waals surface area contributed by atoms with Gasteiger partial charge in [-0.3, -0.25) is 0 Å². The van der Waals surface area contributed by atoms with Gasteiger partial charge in [0.25, 0.3) is 0 Å². The maximum Gasteiger partial charge on any atom is 0.104 e. The number of benzene rings is 1. The van der Waals surface area contributed by atoms with Gasteiger partial charge in [0.05, 0.1) is 24.4 Å². The van der Waals surface area contributed by atoms with Crippen LogP contribution in [0.2, 0.25) is 0 Å². The highest BCUT2D eigenvalue weighted by molar-refractivity contribution is 9.10. The SMILES string of the molecule is CC1(C)COCCN1c1ccc(C(N)=S)cc1Br. The second kappa shape index (κ2) is 5.15. The zero-order valence-corrected chi connectivity index (χ0v) is 13.0. The number of ether oxygens (including phenoxy) is 1. The number of anilines is 1. The van der Waals surface area contributed by atoms with Crippen LogP contribution in [0.4, 0.5) is 5.69 Å². The summed E-state index contributed by atoms with van der Waals surface area (Å²) in [5.41, 5.74) is 7.67. The van der Waals surface area contributed by atoms with E-state index in [9.17, 15) is 0 Å². The van der Waals surface area contributed by atoms with Gasteiger partial charge in [0.2, 0.25) is 0 Å². The third-order valence-corrected chi connectivity index (χ3v) is 4.04. The van der Waals surface area contributed by atoms with Crippen molar-refractivity contribution in [2.24, 2.45) is 5.73 Å². The fourth-order valence-electron chi connectivity index (χ4n) is 2.18. The molecule has 98 valence electrons. The number of nitrogens with zero attached hydrogens (tertiary/aromatic N) is 1. The summed E-state index contributed by atoms with van der Waals surface area (Å²) >= 11 is 8.59. The topological polar surface area (TPSA) is 38.5 Å². The molecule has 0 atom stereocenters. The van der Waals surface area contributed by atoms with Crippen molar-refractivity contribution in [2.45, 2.75) is 19.4 Å². The molecule has 0 radical (unpaired) electrons. The Hall–Kier alpha value is -0.650. The first-order valence-electron chi connectivity index (χ1n) is 5.86. The third-order valence-electron chi connectivity index (χ3n) is 3.17. The summed E-state index contributed by atoms with van der Waals surface area (Å²) in [5, 5.41) is 0. The molecule has 0 spiro atoms. The van der Waals surface area contributed by atoms with Gasteiger partial charge in [-0.05, 0) is 48.0 Å². The molecule has 1 aliphatic rings. The Labute approximate surface area is 121 Å². The molecular weight excluding hydrogens is 312 g/mol. The Kier molecular flexibility index (Phi) is 3.94. The van der Waals surface area contributed by atoms with Gasteiger partial charge in [0, 0.05) is 16.6 Å². The average Bonchev–Trinajstić information content (AvgIpc) is 2.29. The minimum Gasteiger partial charge on any atom is -0.389 e. The number of nitrogens with two attached hydrogens (primary N) is 1. The molecule has 1 fully saturated rings. The van der Waals surface area contributed by atoms with Crippen LogP contribution in [0.25, 0.3) is 0 Å². The van der Waals surface area contributed by atoms with Crippen LogP contribution in [0.5, 0.6) is 0 Å². The third kappa shape index (κ3) is 2.68. The molecule has 1 heterocycles. The van der Waals surface area contributed by atoms with Crippen LogP contribution in [0, 0.1) is 0 Å². The predicted molar refractivity (Wildman–Crippen MR) is 82.3 cm³/mol. The monoisotopic (exact) mass is 328 g/mol. The van der Waals surface area contributed by atoms with E-state index in [4.69, 9.17) is 22.7 Å². The van der Waals surface area contributed by atoms with Crippen LogP contribution in [0.3, 0.4) is 0 Å². The highest BCUT2D eigenvalue weighted by Crippen LogP contribution is 2.33. The van der Waals surface area contributed by atoms with Crippen molar-refractivity contribution in [3.8, 4) is 0 Å². The van der Waals surface area contributed by atoms with E-state index in [2.05, 4.69) is 40.7 Å². The average molecular weight is 329 g/mol. The number of morpholine rings is 1. The predicted octanol–water partition coefficient (Wildman–Crippen LogP) is 2.70. The smallest absolute Gasteiger partial charge is 0.104 e. The van der Waals surface area contributed by atoms with Crippen LogP contribution >= 0.6 is 28.1 Å². The molecule has 1 aromatic carbocycles. The second-order valence-electron chi connectivity index (χ2n) is 5.05. The van der Waals surface area contributed by atoms with E-state index in [1.54, 1.807) is 0 Å². The summed E-state index contributed by atoms with van der Waals surface area (Å²) in [4.78, 5) is 2.77. The molecule has 0 aromatic heterocycles. The van der Waals surface area contributed by atoms with Crippen molar-refractivity contribution in [3.05, 3.63) is 28.2 Å². The first-order chi connectivity index (χ1) is 8.42. The molecule has 18 heavy (non-hydrogen) atoms. The van der Waals surface area contributed by atoms with Crippen LogP contribution in [0.15, 0.2) is 22.7 Å². The summed E-state index contributed by atoms with van der Waals surface area (Å²) in [6.07, 6.45) is 0. The van der Waals surface area contributed by atoms with E-state index < -0.39 is 0 Å². The van der Waals surface area contributed by atoms with Crippen LogP contribution < -0.4 is 10.6 Å². The van der Waals surface area contributed by atoms with Gasteiger partial charge in [-0.1, -0.05) is 12.2 Å². The lowest BCUT2D eigenvalue weighted by molar-refractivity contribution is 0.0643. The van der Waals surface area contributed by atoms with E-state index in [0.717, 1.165) is 35.5 Å². The van der Waals surface area contributed by atoms with E-state index in [1.807, 2.05) is 12.1 Å². The molecule has 1 saturated heterocycles. The minimum absolute atomic E-state index is 0.00842. The zero-order chi connectivity index (χ0) is 13.3. The number of halogens is 1. The van der Waals surface area contributed by atoms with E-state index in [1.165, 1.54) is 0 Å². The van der Waals surface area contributed by atoms with E-state index >= 15 is 0 Å². The van der Waals surface area contributed by atoms with Crippen LogP contribution in [-0.4, -0.2) is 30.3 Å². The first kappa shape index (κ1) is 13.8. The van der Waals surface area contributed by atoms with Gasteiger partial charge in [-0.15, -0.1) is 0 Å². The molecule has 0 aliphatic carbocycles. The minimum atomic E-state index is -0.00842. The lowest BCUT2D eigenvalue weighted by Crippen LogP contribution is -2.53. The molecular formula is C13H17BrN2OS. The fourth-order valence-corrected chi connectivity index (χ4v) is 2.90. The molecule has 1 aliphatic heterocycles. The maximum atomic E-state index is 5.64. The Bertz CT molecular complexity index is 476. The van der Waals surface area contributed by atoms with Gasteiger partial charge in [0.15, 0.2) is 0 Å². The van der Waals surface area contributed by atoms with Crippen molar-refractivity contribution in [3.63, 3.8) is 0 Å². The van der Waals surface area contributed by atoms with Crippen LogP contribution in [-0.2, 0) is 4.74 Å². The lowest BCUT2D eigenvalue weighted by atomic mass is 10.0. The fraction of sp³-hybridized carbons (Fsp3) is 0.462. The van der Waals surface area contributed by atoms with Gasteiger partial charge in [0.1, 0.15) is 4.99 Å². The normalized spacial score (nSPS) is 18.7. The second-order valence-corrected chi connectivity index (χ2v) is 6.34. The quantitative estimate of drug-likeness (QED) is 0.847.